The molecule has 17 heavy (non-hydrogen) atoms. The number of phenolic OH excluding ortho intramolecular Hbond substituents is 1. The number of nitrogen functional groups attached to an aromatic ring is 1. The van der Waals surface area contributed by atoms with Crippen LogP contribution in [0, 0.1) is 5.92 Å². The molecule has 0 aliphatic heterocycles. The van der Waals surface area contributed by atoms with Crippen LogP contribution < -0.4 is 10.5 Å². The maximum Gasteiger partial charge on any atom is 0.240 e. The maximum atomic E-state index is 11.8. The van der Waals surface area contributed by atoms with E-state index in [2.05, 4.69) is 4.72 Å². The summed E-state index contributed by atoms with van der Waals surface area (Å²) in [6.07, 6.45) is 0.771. The number of phenols is 1. The minimum atomic E-state index is -3.54. The van der Waals surface area contributed by atoms with Crippen LogP contribution in [-0.4, -0.2) is 20.1 Å². The lowest BCUT2D eigenvalue weighted by atomic mass is 10.1. The molecule has 0 radical (unpaired) electrons. The van der Waals surface area contributed by atoms with Crippen LogP contribution in [-0.2, 0) is 10.0 Å². The number of benzene rings is 1. The van der Waals surface area contributed by atoms with E-state index in [-0.39, 0.29) is 16.3 Å². The molecule has 0 amide bonds. The van der Waals surface area contributed by atoms with E-state index in [1.807, 2.05) is 13.8 Å². The van der Waals surface area contributed by atoms with Gasteiger partial charge in [-0.05, 0) is 30.5 Å². The van der Waals surface area contributed by atoms with Gasteiger partial charge in [0.05, 0.1) is 10.6 Å². The third kappa shape index (κ3) is 3.90. The Balaban J connectivity index is 2.79. The Morgan fingerprint density at radius 1 is 1.41 bits per heavy atom. The number of nitrogens with two attached hydrogens (primary N) is 1. The summed E-state index contributed by atoms with van der Waals surface area (Å²) in [4.78, 5) is 0.0663. The Morgan fingerprint density at radius 3 is 2.59 bits per heavy atom. The summed E-state index contributed by atoms with van der Waals surface area (Å²) >= 11 is 0. The van der Waals surface area contributed by atoms with Crippen molar-refractivity contribution in [2.75, 3.05) is 12.3 Å². The number of hydrogen-bond donors (Lipinski definition) is 3. The quantitative estimate of drug-likeness (QED) is 0.548. The van der Waals surface area contributed by atoms with Crippen molar-refractivity contribution in [2.45, 2.75) is 25.2 Å². The first-order chi connectivity index (χ1) is 7.83. The van der Waals surface area contributed by atoms with Gasteiger partial charge in [-0.15, -0.1) is 0 Å². The second kappa shape index (κ2) is 5.37. The van der Waals surface area contributed by atoms with Crippen LogP contribution >= 0.6 is 0 Å². The van der Waals surface area contributed by atoms with Gasteiger partial charge in [0.2, 0.25) is 10.0 Å². The van der Waals surface area contributed by atoms with Crippen LogP contribution in [0.1, 0.15) is 20.3 Å². The van der Waals surface area contributed by atoms with Crippen molar-refractivity contribution < 1.29 is 13.5 Å². The number of aromatic hydroxyl groups is 1. The number of sulfonamides is 1. The highest BCUT2D eigenvalue weighted by atomic mass is 32.2. The largest absolute Gasteiger partial charge is 0.506 e. The summed E-state index contributed by atoms with van der Waals surface area (Å²) in [5.41, 5.74) is 5.50. The van der Waals surface area contributed by atoms with Crippen molar-refractivity contribution >= 4 is 15.7 Å². The lowest BCUT2D eigenvalue weighted by molar-refractivity contribution is 0.477. The molecule has 0 heterocycles. The topological polar surface area (TPSA) is 92.4 Å². The average molecular weight is 258 g/mol. The van der Waals surface area contributed by atoms with Gasteiger partial charge in [0.25, 0.3) is 0 Å². The van der Waals surface area contributed by atoms with Gasteiger partial charge in [0, 0.05) is 6.54 Å². The summed E-state index contributed by atoms with van der Waals surface area (Å²) in [6, 6.07) is 3.84. The molecular formula is C11H18N2O3S. The number of hydrogen-bond acceptors (Lipinski definition) is 4. The van der Waals surface area contributed by atoms with Gasteiger partial charge in [0.1, 0.15) is 5.75 Å². The van der Waals surface area contributed by atoms with Gasteiger partial charge in [-0.2, -0.15) is 0 Å². The molecule has 6 heteroatoms. The molecule has 0 aromatic heterocycles. The Hall–Kier alpha value is -1.27. The fraction of sp³-hybridized carbons (Fsp3) is 0.455. The highest BCUT2D eigenvalue weighted by Gasteiger charge is 2.14. The fourth-order valence-electron chi connectivity index (χ4n) is 1.27. The predicted octanol–water partition coefficient (Wildman–Crippen LogP) is 1.30. The third-order valence-electron chi connectivity index (χ3n) is 2.32. The van der Waals surface area contributed by atoms with Crippen molar-refractivity contribution in [3.05, 3.63) is 18.2 Å². The smallest absolute Gasteiger partial charge is 0.240 e. The molecule has 0 aliphatic rings. The molecule has 0 bridgehead atoms. The first-order valence-electron chi connectivity index (χ1n) is 5.41. The summed E-state index contributed by atoms with van der Waals surface area (Å²) in [6.45, 7) is 4.43. The summed E-state index contributed by atoms with van der Waals surface area (Å²) in [7, 11) is -3.54. The zero-order valence-corrected chi connectivity index (χ0v) is 10.8. The van der Waals surface area contributed by atoms with Crippen LogP contribution in [0.4, 0.5) is 5.69 Å². The maximum absolute atomic E-state index is 11.8. The molecule has 0 fully saturated rings. The number of anilines is 1. The van der Waals surface area contributed by atoms with E-state index in [9.17, 15) is 13.5 Å². The zero-order chi connectivity index (χ0) is 13.1. The van der Waals surface area contributed by atoms with Crippen molar-refractivity contribution in [1.82, 2.24) is 4.72 Å². The van der Waals surface area contributed by atoms with E-state index < -0.39 is 10.0 Å². The molecule has 1 aromatic carbocycles. The molecule has 4 N–H and O–H groups in total. The summed E-state index contributed by atoms with van der Waals surface area (Å²) < 4.78 is 26.1. The molecule has 0 aliphatic carbocycles. The molecule has 1 aromatic rings. The van der Waals surface area contributed by atoms with E-state index in [0.717, 1.165) is 6.42 Å². The Kier molecular flexibility index (Phi) is 4.36. The predicted molar refractivity (Wildman–Crippen MR) is 67.2 cm³/mol. The van der Waals surface area contributed by atoms with Crippen LogP contribution in [0.2, 0.25) is 0 Å². The van der Waals surface area contributed by atoms with Gasteiger partial charge in [0.15, 0.2) is 0 Å². The van der Waals surface area contributed by atoms with Gasteiger partial charge >= 0.3 is 0 Å². The standard InChI is InChI=1S/C11H18N2O3S/c1-8(2)5-6-13-17(15,16)9-3-4-11(14)10(12)7-9/h3-4,7-8,13-14H,5-6,12H2,1-2H3. The van der Waals surface area contributed by atoms with Gasteiger partial charge in [-0.25, -0.2) is 13.1 Å². The Labute approximate surface area is 102 Å². The van der Waals surface area contributed by atoms with Gasteiger partial charge in [-0.1, -0.05) is 13.8 Å². The van der Waals surface area contributed by atoms with Crippen LogP contribution in [0.3, 0.4) is 0 Å². The molecule has 0 saturated carbocycles. The zero-order valence-electron chi connectivity index (χ0n) is 9.97. The normalized spacial score (nSPS) is 11.9. The minimum Gasteiger partial charge on any atom is -0.506 e. The van der Waals surface area contributed by atoms with Crippen LogP contribution in [0.25, 0.3) is 0 Å². The summed E-state index contributed by atoms with van der Waals surface area (Å²) in [5, 5.41) is 9.22. The van der Waals surface area contributed by atoms with E-state index in [0.29, 0.717) is 12.5 Å². The van der Waals surface area contributed by atoms with Gasteiger partial charge in [-0.3, -0.25) is 0 Å². The molecule has 0 saturated heterocycles. The number of nitrogens with one attached hydrogen (secondary N) is 1. The Morgan fingerprint density at radius 2 is 2.06 bits per heavy atom. The van der Waals surface area contributed by atoms with Crippen LogP contribution in [0.5, 0.6) is 5.75 Å². The lowest BCUT2D eigenvalue weighted by Gasteiger charge is -2.09. The van der Waals surface area contributed by atoms with Crippen LogP contribution in [0.15, 0.2) is 23.1 Å². The van der Waals surface area contributed by atoms with Crippen molar-refractivity contribution in [3.63, 3.8) is 0 Å². The molecule has 5 nitrogen and oxygen atoms in total. The summed E-state index contributed by atoms with van der Waals surface area (Å²) in [5.74, 6) is 0.314. The van der Waals surface area contributed by atoms with E-state index in [1.54, 1.807) is 0 Å². The average Bonchev–Trinajstić information content (AvgIpc) is 2.21. The Bertz CT molecular complexity index is 483. The molecule has 0 atom stereocenters. The monoisotopic (exact) mass is 258 g/mol. The van der Waals surface area contributed by atoms with E-state index in [4.69, 9.17) is 5.73 Å². The van der Waals surface area contributed by atoms with E-state index in [1.165, 1.54) is 18.2 Å². The first kappa shape index (κ1) is 13.8. The van der Waals surface area contributed by atoms with Crippen molar-refractivity contribution in [2.24, 2.45) is 5.92 Å². The fourth-order valence-corrected chi connectivity index (χ4v) is 2.35. The third-order valence-corrected chi connectivity index (χ3v) is 3.78. The first-order valence-corrected chi connectivity index (χ1v) is 6.89. The molecule has 0 unspecified atom stereocenters. The van der Waals surface area contributed by atoms with E-state index >= 15 is 0 Å². The second-order valence-electron chi connectivity index (χ2n) is 4.30. The SMILES string of the molecule is CC(C)CCNS(=O)(=O)c1ccc(O)c(N)c1. The minimum absolute atomic E-state index is 0.0525. The molecular weight excluding hydrogens is 240 g/mol. The van der Waals surface area contributed by atoms with Crippen molar-refractivity contribution in [1.29, 1.82) is 0 Å². The molecule has 96 valence electrons. The molecule has 0 spiro atoms. The molecule has 1 rings (SSSR count). The highest BCUT2D eigenvalue weighted by Crippen LogP contribution is 2.22. The highest BCUT2D eigenvalue weighted by molar-refractivity contribution is 7.89. The second-order valence-corrected chi connectivity index (χ2v) is 6.07. The number of rotatable bonds is 5. The van der Waals surface area contributed by atoms with Crippen molar-refractivity contribution in [3.8, 4) is 5.75 Å². The van der Waals surface area contributed by atoms with Gasteiger partial charge < -0.3 is 10.8 Å². The lowest BCUT2D eigenvalue weighted by Crippen LogP contribution is -2.25.